The Labute approximate surface area is 215 Å². The number of rotatable bonds is 5. The van der Waals surface area contributed by atoms with E-state index >= 15 is 0 Å². The SMILES string of the molecule is Cl.O=C(CC1(c2ccccc2)C(=O)Oc2ccccc21)N1CCN(Cc2ccc3c(c2)OOC3)CC1. The number of esters is 1. The molecule has 1 amide bonds. The first-order valence-corrected chi connectivity index (χ1v) is 11.9. The Morgan fingerprint density at radius 3 is 2.44 bits per heavy atom. The molecule has 0 radical (unpaired) electrons. The van der Waals surface area contributed by atoms with Crippen molar-refractivity contribution >= 4 is 24.3 Å². The number of nitrogens with zero attached hydrogens (tertiary/aromatic N) is 2. The lowest BCUT2D eigenvalue weighted by Gasteiger charge is -2.36. The van der Waals surface area contributed by atoms with Gasteiger partial charge in [-0.1, -0.05) is 60.7 Å². The fraction of sp³-hybridized carbons (Fsp3) is 0.286. The highest BCUT2D eigenvalue weighted by atomic mass is 35.5. The summed E-state index contributed by atoms with van der Waals surface area (Å²) in [7, 11) is 0. The van der Waals surface area contributed by atoms with E-state index in [4.69, 9.17) is 14.5 Å². The molecule has 36 heavy (non-hydrogen) atoms. The van der Waals surface area contributed by atoms with Gasteiger partial charge in [0.1, 0.15) is 17.8 Å². The van der Waals surface area contributed by atoms with E-state index in [1.165, 1.54) is 0 Å². The van der Waals surface area contributed by atoms with Crippen LogP contribution in [-0.4, -0.2) is 47.9 Å². The van der Waals surface area contributed by atoms with E-state index < -0.39 is 5.41 Å². The summed E-state index contributed by atoms with van der Waals surface area (Å²) < 4.78 is 5.64. The zero-order chi connectivity index (χ0) is 23.8. The van der Waals surface area contributed by atoms with E-state index in [1.807, 2.05) is 65.6 Å². The molecule has 3 aliphatic heterocycles. The molecule has 1 fully saturated rings. The first kappa shape index (κ1) is 24.3. The van der Waals surface area contributed by atoms with Gasteiger partial charge in [-0.05, 0) is 23.3 Å². The van der Waals surface area contributed by atoms with Gasteiger partial charge in [-0.25, -0.2) is 0 Å². The first-order valence-electron chi connectivity index (χ1n) is 11.9. The Bertz CT molecular complexity index is 1280. The van der Waals surface area contributed by atoms with Gasteiger partial charge < -0.3 is 14.5 Å². The van der Waals surface area contributed by atoms with Crippen LogP contribution >= 0.6 is 12.4 Å². The molecule has 0 saturated carbocycles. The Hall–Kier alpha value is -3.39. The lowest BCUT2D eigenvalue weighted by atomic mass is 9.72. The zero-order valence-corrected chi connectivity index (χ0v) is 20.5. The molecule has 0 aromatic heterocycles. The number of amides is 1. The highest BCUT2D eigenvalue weighted by Gasteiger charge is 2.52. The maximum atomic E-state index is 13.6. The lowest BCUT2D eigenvalue weighted by molar-refractivity contribution is -0.194. The summed E-state index contributed by atoms with van der Waals surface area (Å²) in [6.07, 6.45) is 0.0506. The summed E-state index contributed by atoms with van der Waals surface area (Å²) in [4.78, 5) is 41.3. The van der Waals surface area contributed by atoms with E-state index in [9.17, 15) is 9.59 Å². The molecule has 3 aromatic rings. The number of ether oxygens (including phenoxy) is 1. The number of piperazine rings is 1. The van der Waals surface area contributed by atoms with Gasteiger partial charge in [0.15, 0.2) is 5.75 Å². The van der Waals surface area contributed by atoms with Crippen molar-refractivity contribution in [2.24, 2.45) is 0 Å². The van der Waals surface area contributed by atoms with E-state index in [0.717, 1.165) is 47.6 Å². The summed E-state index contributed by atoms with van der Waals surface area (Å²) in [5.41, 5.74) is 2.63. The van der Waals surface area contributed by atoms with E-state index in [2.05, 4.69) is 11.0 Å². The molecule has 0 aliphatic carbocycles. The summed E-state index contributed by atoms with van der Waals surface area (Å²) >= 11 is 0. The minimum Gasteiger partial charge on any atom is -0.425 e. The lowest BCUT2D eigenvalue weighted by Crippen LogP contribution is -2.50. The maximum absolute atomic E-state index is 13.6. The Morgan fingerprint density at radius 1 is 0.889 bits per heavy atom. The number of benzene rings is 3. The van der Waals surface area contributed by atoms with Crippen molar-refractivity contribution in [1.82, 2.24) is 9.80 Å². The predicted molar refractivity (Wildman–Crippen MR) is 135 cm³/mol. The van der Waals surface area contributed by atoms with Gasteiger partial charge in [0.25, 0.3) is 0 Å². The van der Waals surface area contributed by atoms with Crippen LogP contribution < -0.4 is 9.62 Å². The zero-order valence-electron chi connectivity index (χ0n) is 19.7. The van der Waals surface area contributed by atoms with Gasteiger partial charge >= 0.3 is 5.97 Å². The molecule has 7 nitrogen and oxygen atoms in total. The van der Waals surface area contributed by atoms with Crippen molar-refractivity contribution in [3.8, 4) is 11.5 Å². The minimum absolute atomic E-state index is 0. The quantitative estimate of drug-likeness (QED) is 0.297. The van der Waals surface area contributed by atoms with Gasteiger partial charge in [-0.15, -0.1) is 12.4 Å². The van der Waals surface area contributed by atoms with Gasteiger partial charge in [-0.3, -0.25) is 14.5 Å². The van der Waals surface area contributed by atoms with Crippen molar-refractivity contribution in [2.75, 3.05) is 26.2 Å². The number of hydrogen-bond donors (Lipinski definition) is 0. The molecule has 1 saturated heterocycles. The highest BCUT2D eigenvalue weighted by Crippen LogP contribution is 2.47. The van der Waals surface area contributed by atoms with Gasteiger partial charge in [0.05, 0.1) is 6.42 Å². The number of hydrogen-bond acceptors (Lipinski definition) is 6. The average molecular weight is 507 g/mol. The molecule has 6 rings (SSSR count). The van der Waals surface area contributed by atoms with Crippen molar-refractivity contribution < 1.29 is 24.1 Å². The van der Waals surface area contributed by atoms with Crippen LogP contribution in [0.5, 0.6) is 11.5 Å². The van der Waals surface area contributed by atoms with E-state index in [-0.39, 0.29) is 30.7 Å². The van der Waals surface area contributed by atoms with Crippen LogP contribution in [-0.2, 0) is 33.0 Å². The van der Waals surface area contributed by atoms with Crippen LogP contribution in [0.25, 0.3) is 0 Å². The standard InChI is InChI=1S/C28H26N2O5.ClH/c31-26(30-14-12-29(13-15-30)18-20-10-11-21-19-33-35-25(21)16-20)17-28(22-6-2-1-3-7-22)23-8-4-5-9-24(23)34-27(28)32;/h1-11,16H,12-15,17-19H2;1H. The van der Waals surface area contributed by atoms with Crippen molar-refractivity contribution in [2.45, 2.75) is 25.0 Å². The molecule has 1 unspecified atom stereocenters. The summed E-state index contributed by atoms with van der Waals surface area (Å²) in [6, 6.07) is 23.1. The third-order valence-corrected chi connectivity index (χ3v) is 7.21. The smallest absolute Gasteiger partial charge is 0.327 e. The Morgan fingerprint density at radius 2 is 1.64 bits per heavy atom. The van der Waals surface area contributed by atoms with Crippen molar-refractivity contribution in [1.29, 1.82) is 0 Å². The largest absolute Gasteiger partial charge is 0.425 e. The number of halogens is 1. The first-order chi connectivity index (χ1) is 17.1. The second-order valence-electron chi connectivity index (χ2n) is 9.28. The van der Waals surface area contributed by atoms with Crippen molar-refractivity contribution in [3.05, 3.63) is 95.1 Å². The van der Waals surface area contributed by atoms with Crippen molar-refractivity contribution in [3.63, 3.8) is 0 Å². The number of fused-ring (bicyclic) bond motifs is 2. The predicted octanol–water partition coefficient (Wildman–Crippen LogP) is 3.87. The fourth-order valence-electron chi connectivity index (χ4n) is 5.27. The topological polar surface area (TPSA) is 68.3 Å². The summed E-state index contributed by atoms with van der Waals surface area (Å²) in [5, 5.41) is 0. The van der Waals surface area contributed by atoms with Crippen LogP contribution in [0.4, 0.5) is 0 Å². The molecule has 186 valence electrons. The Kier molecular flexibility index (Phi) is 6.71. The van der Waals surface area contributed by atoms with Gasteiger partial charge in [0.2, 0.25) is 5.91 Å². The average Bonchev–Trinajstić information content (AvgIpc) is 3.47. The normalized spacial score (nSPS) is 20.7. The van der Waals surface area contributed by atoms with Gasteiger partial charge in [-0.2, -0.15) is 4.89 Å². The van der Waals surface area contributed by atoms with Crippen LogP contribution in [0, 0.1) is 0 Å². The number of carbonyl (C=O) groups is 2. The Balaban J connectivity index is 0.00000267. The molecule has 1 atom stereocenters. The van der Waals surface area contributed by atoms with Crippen LogP contribution in [0.1, 0.15) is 28.7 Å². The summed E-state index contributed by atoms with van der Waals surface area (Å²) in [5.74, 6) is 0.888. The molecule has 8 heteroatoms. The minimum atomic E-state index is -1.13. The summed E-state index contributed by atoms with van der Waals surface area (Å²) in [6.45, 7) is 4.03. The van der Waals surface area contributed by atoms with Crippen LogP contribution in [0.15, 0.2) is 72.8 Å². The van der Waals surface area contributed by atoms with Gasteiger partial charge in [0, 0.05) is 43.9 Å². The fourth-order valence-corrected chi connectivity index (χ4v) is 5.27. The molecular formula is C28H27ClN2O5. The molecule has 0 bridgehead atoms. The maximum Gasteiger partial charge on any atom is 0.327 e. The molecule has 3 heterocycles. The molecule has 0 N–H and O–H groups in total. The molecule has 0 spiro atoms. The second kappa shape index (κ2) is 9.93. The highest BCUT2D eigenvalue weighted by molar-refractivity contribution is 5.98. The van der Waals surface area contributed by atoms with E-state index in [1.54, 1.807) is 6.07 Å². The number of para-hydroxylation sites is 1. The molecular weight excluding hydrogens is 480 g/mol. The third kappa shape index (κ3) is 4.23. The van der Waals surface area contributed by atoms with Crippen LogP contribution in [0.2, 0.25) is 0 Å². The molecule has 3 aromatic carbocycles. The third-order valence-electron chi connectivity index (χ3n) is 7.21. The molecule has 3 aliphatic rings. The monoisotopic (exact) mass is 506 g/mol. The second-order valence-corrected chi connectivity index (χ2v) is 9.28. The van der Waals surface area contributed by atoms with Crippen LogP contribution in [0.3, 0.4) is 0 Å². The number of carbonyl (C=O) groups excluding carboxylic acids is 2. The van der Waals surface area contributed by atoms with E-state index in [0.29, 0.717) is 25.4 Å².